The zero-order valence-electron chi connectivity index (χ0n) is 21.1. The van der Waals surface area contributed by atoms with Crippen LogP contribution in [0.1, 0.15) is 26.3 Å². The van der Waals surface area contributed by atoms with E-state index in [-0.39, 0.29) is 35.3 Å². The van der Waals surface area contributed by atoms with Crippen LogP contribution in [0.25, 0.3) is 0 Å². The number of carbonyl (C=O) groups is 1. The fraction of sp³-hybridized carbons (Fsp3) is 0.520. The Balaban J connectivity index is 1.56. The van der Waals surface area contributed by atoms with Gasteiger partial charge < -0.3 is 29.3 Å². The van der Waals surface area contributed by atoms with E-state index in [4.69, 9.17) is 19.5 Å². The molecule has 2 saturated heterocycles. The number of amides is 1. The molecule has 2 fully saturated rings. The van der Waals surface area contributed by atoms with E-state index < -0.39 is 11.4 Å². The van der Waals surface area contributed by atoms with Crippen molar-refractivity contribution in [3.8, 4) is 11.9 Å². The molecule has 2 aliphatic heterocycles. The normalized spacial score (nSPS) is 21.4. The summed E-state index contributed by atoms with van der Waals surface area (Å²) in [4.78, 5) is 24.9. The third-order valence-electron chi connectivity index (χ3n) is 5.99. The van der Waals surface area contributed by atoms with Crippen molar-refractivity contribution in [2.24, 2.45) is 11.8 Å². The Morgan fingerprint density at radius 2 is 1.94 bits per heavy atom. The molecule has 3 heterocycles. The molecule has 2 bridgehead atoms. The van der Waals surface area contributed by atoms with E-state index in [1.54, 1.807) is 9.80 Å². The van der Waals surface area contributed by atoms with Gasteiger partial charge in [0, 0.05) is 39.0 Å². The van der Waals surface area contributed by atoms with E-state index in [0.717, 1.165) is 6.07 Å². The maximum absolute atomic E-state index is 14.5. The van der Waals surface area contributed by atoms with Crippen LogP contribution in [-0.4, -0.2) is 73.1 Å². The number of nitriles is 1. The second-order valence-corrected chi connectivity index (χ2v) is 10.2. The first-order valence-corrected chi connectivity index (χ1v) is 11.8. The Hall–Kier alpha value is -3.65. The van der Waals surface area contributed by atoms with E-state index >= 15 is 0 Å². The lowest BCUT2D eigenvalue weighted by Crippen LogP contribution is -2.59. The third-order valence-corrected chi connectivity index (χ3v) is 5.99. The van der Waals surface area contributed by atoms with Crippen molar-refractivity contribution in [3.05, 3.63) is 35.9 Å². The molecule has 0 spiro atoms. The summed E-state index contributed by atoms with van der Waals surface area (Å²) in [6.45, 7) is 7.32. The number of nitrogens with zero attached hydrogens (tertiary/aromatic N) is 5. The number of piperidine rings is 1. The van der Waals surface area contributed by atoms with Gasteiger partial charge in [0.2, 0.25) is 5.88 Å². The second-order valence-electron chi connectivity index (χ2n) is 10.2. The molecule has 36 heavy (non-hydrogen) atoms. The number of aromatic nitrogens is 2. The fourth-order valence-corrected chi connectivity index (χ4v) is 4.45. The number of anilines is 3. The molecule has 1 aromatic heterocycles. The number of likely N-dealkylation sites (tertiary alicyclic amines) is 1. The molecule has 10 nitrogen and oxygen atoms in total. The zero-order valence-corrected chi connectivity index (χ0v) is 21.1. The Bertz CT molecular complexity index is 1150. The van der Waals surface area contributed by atoms with Crippen LogP contribution >= 0.6 is 0 Å². The van der Waals surface area contributed by atoms with E-state index in [9.17, 15) is 9.18 Å². The van der Waals surface area contributed by atoms with Gasteiger partial charge in [0.05, 0.1) is 30.5 Å². The van der Waals surface area contributed by atoms with Gasteiger partial charge in [0.1, 0.15) is 29.5 Å². The predicted molar refractivity (Wildman–Crippen MR) is 131 cm³/mol. The van der Waals surface area contributed by atoms with Crippen LogP contribution in [0.4, 0.5) is 26.4 Å². The molecule has 0 radical (unpaired) electrons. The highest BCUT2D eigenvalue weighted by Crippen LogP contribution is 2.38. The number of halogens is 1. The molecule has 192 valence electrons. The number of hydrogen-bond acceptors (Lipinski definition) is 9. The molecular formula is C25H31FN6O4. The minimum atomic E-state index is -0.574. The van der Waals surface area contributed by atoms with Crippen molar-refractivity contribution < 1.29 is 23.4 Å². The number of carbonyl (C=O) groups excluding carboxylic acids is 1. The summed E-state index contributed by atoms with van der Waals surface area (Å²) < 4.78 is 32.3. The predicted octanol–water partition coefficient (Wildman–Crippen LogP) is 3.56. The molecule has 1 N–H and O–H groups in total. The van der Waals surface area contributed by atoms with Gasteiger partial charge in [-0.25, -0.2) is 14.2 Å². The number of benzene rings is 1. The monoisotopic (exact) mass is 498 g/mol. The molecule has 1 aromatic carbocycles. The summed E-state index contributed by atoms with van der Waals surface area (Å²) in [6.07, 6.45) is 0.782. The molecule has 2 aromatic rings. The fourth-order valence-electron chi connectivity index (χ4n) is 4.45. The maximum Gasteiger partial charge on any atom is 0.410 e. The summed E-state index contributed by atoms with van der Waals surface area (Å²) in [5, 5.41) is 12.0. The Morgan fingerprint density at radius 1 is 1.25 bits per heavy atom. The second kappa shape index (κ2) is 10.1. The molecule has 2 unspecified atom stereocenters. The van der Waals surface area contributed by atoms with Gasteiger partial charge in [-0.05, 0) is 39.0 Å². The van der Waals surface area contributed by atoms with Crippen molar-refractivity contribution in [1.29, 1.82) is 5.26 Å². The average molecular weight is 499 g/mol. The molecule has 1 amide bonds. The van der Waals surface area contributed by atoms with Crippen LogP contribution in [0.15, 0.2) is 24.5 Å². The van der Waals surface area contributed by atoms with Crippen molar-refractivity contribution in [2.75, 3.05) is 50.6 Å². The van der Waals surface area contributed by atoms with Crippen LogP contribution in [0.5, 0.6) is 5.88 Å². The van der Waals surface area contributed by atoms with Crippen LogP contribution < -0.4 is 15.0 Å². The first kappa shape index (κ1) is 25.4. The lowest BCUT2D eigenvalue weighted by atomic mass is 9.84. The minimum Gasteiger partial charge on any atom is -0.472 e. The van der Waals surface area contributed by atoms with Gasteiger partial charge in [-0.3, -0.25) is 0 Å². The van der Waals surface area contributed by atoms with Crippen molar-refractivity contribution in [1.82, 2.24) is 14.9 Å². The first-order chi connectivity index (χ1) is 17.1. The molecule has 11 heteroatoms. The summed E-state index contributed by atoms with van der Waals surface area (Å²) >= 11 is 0. The van der Waals surface area contributed by atoms with E-state index in [1.807, 2.05) is 40.9 Å². The SMILES string of the molecule is CN(C)c1c(Nc2ccc(C#N)cc2F)ncnc1OC1C2COCC1CN(C(=O)OC(C)(C)C)C2. The number of ether oxygens (including phenoxy) is 3. The maximum atomic E-state index is 14.5. The van der Waals surface area contributed by atoms with Crippen LogP contribution in [0.3, 0.4) is 0 Å². The van der Waals surface area contributed by atoms with Crippen molar-refractivity contribution in [3.63, 3.8) is 0 Å². The van der Waals surface area contributed by atoms with Crippen molar-refractivity contribution in [2.45, 2.75) is 32.5 Å². The average Bonchev–Trinajstić information content (AvgIpc) is 2.79. The first-order valence-electron chi connectivity index (χ1n) is 11.8. The van der Waals surface area contributed by atoms with Crippen LogP contribution in [0, 0.1) is 29.0 Å². The largest absolute Gasteiger partial charge is 0.472 e. The third kappa shape index (κ3) is 5.60. The molecule has 4 rings (SSSR count). The summed E-state index contributed by atoms with van der Waals surface area (Å²) in [5.41, 5.74) is 0.381. The van der Waals surface area contributed by atoms with Crippen molar-refractivity contribution >= 4 is 23.3 Å². The zero-order chi connectivity index (χ0) is 26.0. The van der Waals surface area contributed by atoms with Gasteiger partial charge in [-0.15, -0.1) is 0 Å². The molecule has 2 atom stereocenters. The van der Waals surface area contributed by atoms with E-state index in [1.165, 1.54) is 18.5 Å². The summed E-state index contributed by atoms with van der Waals surface area (Å²) in [7, 11) is 3.64. The Labute approximate surface area is 210 Å². The van der Waals surface area contributed by atoms with E-state index in [0.29, 0.717) is 43.7 Å². The van der Waals surface area contributed by atoms with Gasteiger partial charge in [0.15, 0.2) is 5.82 Å². The Morgan fingerprint density at radius 3 is 2.53 bits per heavy atom. The highest BCUT2D eigenvalue weighted by molar-refractivity contribution is 5.75. The van der Waals surface area contributed by atoms with Gasteiger partial charge in [0.25, 0.3) is 0 Å². The lowest BCUT2D eigenvalue weighted by molar-refractivity contribution is -0.113. The summed E-state index contributed by atoms with van der Waals surface area (Å²) in [6, 6.07) is 6.10. The van der Waals surface area contributed by atoms with Crippen LogP contribution in [0.2, 0.25) is 0 Å². The standard InChI is InChI=1S/C25H31FN6O4/c1-25(2,3)36-24(33)32-10-16-12-34-13-17(11-32)21(16)35-23-20(31(4)5)22(28-14-29-23)30-19-7-6-15(9-27)8-18(19)26/h6-8,14,16-17,21H,10-13H2,1-5H3,(H,28,29,30). The molecule has 0 saturated carbocycles. The number of fused-ring (bicyclic) bond motifs is 2. The minimum absolute atomic E-state index is 0.0672. The highest BCUT2D eigenvalue weighted by Gasteiger charge is 2.45. The smallest absolute Gasteiger partial charge is 0.410 e. The number of nitrogens with one attached hydrogen (secondary N) is 1. The van der Waals surface area contributed by atoms with E-state index in [2.05, 4.69) is 15.3 Å². The molecule has 0 aliphatic carbocycles. The van der Waals surface area contributed by atoms with Gasteiger partial charge in [-0.1, -0.05) is 0 Å². The topological polar surface area (TPSA) is 113 Å². The van der Waals surface area contributed by atoms with Gasteiger partial charge in [-0.2, -0.15) is 10.2 Å². The van der Waals surface area contributed by atoms with Gasteiger partial charge >= 0.3 is 6.09 Å². The quantitative estimate of drug-likeness (QED) is 0.661. The van der Waals surface area contributed by atoms with Crippen LogP contribution in [-0.2, 0) is 9.47 Å². The number of rotatable bonds is 5. The number of hydrogen-bond donors (Lipinski definition) is 1. The molecular weight excluding hydrogens is 467 g/mol. The Kier molecular flexibility index (Phi) is 7.17. The highest BCUT2D eigenvalue weighted by atomic mass is 19.1. The summed E-state index contributed by atoms with van der Waals surface area (Å²) in [5.74, 6) is 0.00571. The molecule has 2 aliphatic rings. The lowest BCUT2D eigenvalue weighted by Gasteiger charge is -2.46.